The molecule has 0 aromatic heterocycles. The van der Waals surface area contributed by atoms with Crippen molar-refractivity contribution in [2.24, 2.45) is 23.7 Å². The largest absolute Gasteiger partial charge is 0.326 e. The van der Waals surface area contributed by atoms with E-state index in [1.807, 2.05) is 0 Å². The number of nitro groups is 1. The van der Waals surface area contributed by atoms with Gasteiger partial charge in [-0.3, -0.25) is 29.4 Å². The molecule has 1 saturated heterocycles. The van der Waals surface area contributed by atoms with Crippen LogP contribution in [0, 0.1) is 40.7 Å². The molecule has 2 bridgehead atoms. The molecule has 4 rings (SSSR count). The molecule has 1 aliphatic heterocycles. The minimum atomic E-state index is -0.500. The lowest BCUT2D eigenvalue weighted by molar-refractivity contribution is -0.385. The van der Waals surface area contributed by atoms with Gasteiger partial charge in [0.05, 0.1) is 16.8 Å². The van der Waals surface area contributed by atoms with E-state index in [-0.39, 0.29) is 48.2 Å². The number of benzene rings is 1. The summed E-state index contributed by atoms with van der Waals surface area (Å²) >= 11 is 0. The molecule has 2 aliphatic carbocycles. The molecule has 1 heterocycles. The number of nitro benzene ring substituents is 1. The molecule has 0 spiro atoms. The van der Waals surface area contributed by atoms with E-state index in [0.717, 1.165) is 19.3 Å². The zero-order valence-electron chi connectivity index (χ0n) is 15.0. The van der Waals surface area contributed by atoms with Gasteiger partial charge < -0.3 is 5.32 Å². The summed E-state index contributed by atoms with van der Waals surface area (Å²) in [4.78, 5) is 49.2. The number of nitrogens with one attached hydrogen (secondary N) is 1. The van der Waals surface area contributed by atoms with Crippen molar-refractivity contribution in [3.8, 4) is 0 Å². The van der Waals surface area contributed by atoms with E-state index < -0.39 is 4.92 Å². The van der Waals surface area contributed by atoms with Gasteiger partial charge in [0.1, 0.15) is 0 Å². The average Bonchev–Trinajstić information content (AvgIpc) is 3.29. The highest BCUT2D eigenvalue weighted by molar-refractivity contribution is 6.06. The van der Waals surface area contributed by atoms with Crippen LogP contribution in [0.15, 0.2) is 18.2 Å². The summed E-state index contributed by atoms with van der Waals surface area (Å²) in [7, 11) is 0. The maximum absolute atomic E-state index is 12.6. The zero-order chi connectivity index (χ0) is 19.3. The van der Waals surface area contributed by atoms with Gasteiger partial charge in [-0.25, -0.2) is 0 Å². The fourth-order valence-electron chi connectivity index (χ4n) is 5.01. The van der Waals surface area contributed by atoms with Gasteiger partial charge in [0.2, 0.25) is 17.7 Å². The van der Waals surface area contributed by atoms with Crippen molar-refractivity contribution in [1.82, 2.24) is 4.90 Å². The molecule has 8 heteroatoms. The van der Waals surface area contributed by atoms with Crippen LogP contribution in [0.5, 0.6) is 0 Å². The number of nitrogens with zero attached hydrogens (tertiary/aromatic N) is 2. The molecule has 8 nitrogen and oxygen atoms in total. The van der Waals surface area contributed by atoms with Gasteiger partial charge in [-0.2, -0.15) is 0 Å². The summed E-state index contributed by atoms with van der Waals surface area (Å²) in [6.45, 7) is 1.68. The van der Waals surface area contributed by atoms with Gasteiger partial charge in [0.15, 0.2) is 0 Å². The first-order chi connectivity index (χ1) is 12.9. The monoisotopic (exact) mass is 371 g/mol. The Hall–Kier alpha value is -2.77. The number of aryl methyl sites for hydroxylation is 1. The van der Waals surface area contributed by atoms with Gasteiger partial charge in [0.25, 0.3) is 5.69 Å². The summed E-state index contributed by atoms with van der Waals surface area (Å²) in [6.07, 6.45) is 3.00. The van der Waals surface area contributed by atoms with Gasteiger partial charge in [-0.1, -0.05) is 6.07 Å². The number of amides is 3. The topological polar surface area (TPSA) is 110 Å². The van der Waals surface area contributed by atoms with Crippen LogP contribution in [-0.2, 0) is 14.4 Å². The lowest BCUT2D eigenvalue weighted by atomic mass is 9.81. The second kappa shape index (κ2) is 6.44. The molecule has 1 aromatic rings. The Balaban J connectivity index is 1.37. The first kappa shape index (κ1) is 17.6. The summed E-state index contributed by atoms with van der Waals surface area (Å²) in [6, 6.07) is 4.47. The number of hydrogen-bond donors (Lipinski definition) is 1. The summed E-state index contributed by atoms with van der Waals surface area (Å²) in [5.74, 6) is -0.356. The number of rotatable bonds is 5. The fourth-order valence-corrected chi connectivity index (χ4v) is 5.01. The Kier molecular flexibility index (Phi) is 4.20. The molecular weight excluding hydrogens is 350 g/mol. The Bertz CT molecular complexity index is 824. The molecule has 1 aromatic carbocycles. The van der Waals surface area contributed by atoms with Crippen molar-refractivity contribution in [2.45, 2.75) is 32.6 Å². The lowest BCUT2D eigenvalue weighted by Crippen LogP contribution is -2.35. The Morgan fingerprint density at radius 1 is 1.22 bits per heavy atom. The van der Waals surface area contributed by atoms with Crippen molar-refractivity contribution in [3.05, 3.63) is 33.9 Å². The minimum absolute atomic E-state index is 0.0199. The van der Waals surface area contributed by atoms with E-state index in [1.165, 1.54) is 11.0 Å². The first-order valence-corrected chi connectivity index (χ1v) is 9.27. The molecule has 1 N–H and O–H groups in total. The molecule has 3 aliphatic rings. The number of carbonyl (C=O) groups excluding carboxylic acids is 3. The van der Waals surface area contributed by atoms with Gasteiger partial charge >= 0.3 is 0 Å². The second-order valence-electron chi connectivity index (χ2n) is 7.77. The molecule has 2 saturated carbocycles. The fraction of sp³-hybridized carbons (Fsp3) is 0.526. The van der Waals surface area contributed by atoms with Gasteiger partial charge in [-0.15, -0.1) is 0 Å². The summed E-state index contributed by atoms with van der Waals surface area (Å²) in [5.41, 5.74) is 0.764. The van der Waals surface area contributed by atoms with E-state index >= 15 is 0 Å². The SMILES string of the molecule is Cc1ccc(NC(=O)CCN2C(=O)[C@@H]3[C@H]4CC[C@@H](C4)[C@@H]3C2=O)cc1[N+](=O)[O-]. The van der Waals surface area contributed by atoms with Crippen LogP contribution in [0.3, 0.4) is 0 Å². The van der Waals surface area contributed by atoms with Crippen LogP contribution in [0.4, 0.5) is 11.4 Å². The van der Waals surface area contributed by atoms with Crippen LogP contribution in [0.1, 0.15) is 31.2 Å². The minimum Gasteiger partial charge on any atom is -0.326 e. The molecule has 142 valence electrons. The maximum Gasteiger partial charge on any atom is 0.274 e. The third-order valence-electron chi connectivity index (χ3n) is 6.27. The maximum atomic E-state index is 12.6. The van der Waals surface area contributed by atoms with Gasteiger partial charge in [0, 0.05) is 30.3 Å². The van der Waals surface area contributed by atoms with Crippen molar-refractivity contribution in [2.75, 3.05) is 11.9 Å². The molecular formula is C19H21N3O5. The lowest BCUT2D eigenvalue weighted by Gasteiger charge is -2.19. The van der Waals surface area contributed by atoms with Crippen LogP contribution in [0.2, 0.25) is 0 Å². The molecule has 0 unspecified atom stereocenters. The highest BCUT2D eigenvalue weighted by atomic mass is 16.6. The Morgan fingerprint density at radius 3 is 2.44 bits per heavy atom. The zero-order valence-corrected chi connectivity index (χ0v) is 15.0. The number of anilines is 1. The van der Waals surface area contributed by atoms with Crippen molar-refractivity contribution >= 4 is 29.1 Å². The third kappa shape index (κ3) is 2.89. The van der Waals surface area contributed by atoms with Crippen molar-refractivity contribution in [1.29, 1.82) is 0 Å². The average molecular weight is 371 g/mol. The highest BCUT2D eigenvalue weighted by Crippen LogP contribution is 2.56. The van der Waals surface area contributed by atoms with E-state index in [4.69, 9.17) is 0 Å². The standard InChI is InChI=1S/C19H21N3O5/c1-10-2-5-13(9-14(10)22(26)27)20-15(23)6-7-21-18(24)16-11-3-4-12(8-11)17(16)19(21)25/h2,5,9,11-12,16-17H,3-4,6-8H2,1H3,(H,20,23)/t11-,12-,16-,17+/m0/s1. The third-order valence-corrected chi connectivity index (χ3v) is 6.27. The normalized spacial score (nSPS) is 28.6. The molecule has 3 fully saturated rings. The van der Waals surface area contributed by atoms with E-state index in [2.05, 4.69) is 5.32 Å². The van der Waals surface area contributed by atoms with Crippen LogP contribution in [0.25, 0.3) is 0 Å². The summed E-state index contributed by atoms with van der Waals surface area (Å²) < 4.78 is 0. The van der Waals surface area contributed by atoms with Crippen LogP contribution >= 0.6 is 0 Å². The van der Waals surface area contributed by atoms with Crippen LogP contribution < -0.4 is 5.32 Å². The smallest absolute Gasteiger partial charge is 0.274 e. The molecule has 4 atom stereocenters. The number of hydrogen-bond acceptors (Lipinski definition) is 5. The molecule has 3 amide bonds. The number of carbonyl (C=O) groups is 3. The van der Waals surface area contributed by atoms with E-state index in [1.54, 1.807) is 19.1 Å². The predicted molar refractivity (Wildman–Crippen MR) is 95.6 cm³/mol. The quantitative estimate of drug-likeness (QED) is 0.485. The number of imide groups is 1. The van der Waals surface area contributed by atoms with Crippen molar-refractivity contribution < 1.29 is 19.3 Å². The molecule has 27 heavy (non-hydrogen) atoms. The first-order valence-electron chi connectivity index (χ1n) is 9.27. The summed E-state index contributed by atoms with van der Waals surface area (Å²) in [5, 5.41) is 13.6. The van der Waals surface area contributed by atoms with Gasteiger partial charge in [-0.05, 0) is 44.1 Å². The van der Waals surface area contributed by atoms with Crippen molar-refractivity contribution in [3.63, 3.8) is 0 Å². The number of likely N-dealkylation sites (tertiary alicyclic amines) is 1. The number of fused-ring (bicyclic) bond motifs is 5. The highest BCUT2D eigenvalue weighted by Gasteiger charge is 2.60. The van der Waals surface area contributed by atoms with Crippen LogP contribution in [-0.4, -0.2) is 34.1 Å². The molecule has 0 radical (unpaired) electrons. The Labute approximate surface area is 156 Å². The van der Waals surface area contributed by atoms with E-state index in [0.29, 0.717) is 23.1 Å². The predicted octanol–water partition coefficient (Wildman–Crippen LogP) is 2.26. The second-order valence-corrected chi connectivity index (χ2v) is 7.77. The Morgan fingerprint density at radius 2 is 1.85 bits per heavy atom. The van der Waals surface area contributed by atoms with E-state index in [9.17, 15) is 24.5 Å².